The van der Waals surface area contributed by atoms with E-state index in [0.717, 1.165) is 12.8 Å². The Kier molecular flexibility index (Phi) is 10.1. The maximum Gasteiger partial charge on any atom is 0.342 e. The number of ether oxygens (including phenoxy) is 2. The highest BCUT2D eigenvalue weighted by Crippen LogP contribution is 2.14. The minimum atomic E-state index is -0.537. The monoisotopic (exact) mass is 480 g/mol. The van der Waals surface area contributed by atoms with Crippen LogP contribution < -0.4 is 0 Å². The summed E-state index contributed by atoms with van der Waals surface area (Å²) in [6.07, 6.45) is 5.43. The Labute approximate surface area is 195 Å². The van der Waals surface area contributed by atoms with Crippen molar-refractivity contribution in [1.29, 1.82) is 0 Å². The molecule has 0 saturated heterocycles. The molecule has 0 aliphatic carbocycles. The molecule has 0 aromatic carbocycles. The lowest BCUT2D eigenvalue weighted by molar-refractivity contribution is -0.392. The molecule has 0 atom stereocenters. The third kappa shape index (κ3) is 7.94. The van der Waals surface area contributed by atoms with Gasteiger partial charge in [-0.1, -0.05) is 12.8 Å². The summed E-state index contributed by atoms with van der Waals surface area (Å²) in [5, 5.41) is 21.9. The summed E-state index contributed by atoms with van der Waals surface area (Å²) >= 11 is 0. The van der Waals surface area contributed by atoms with E-state index in [-0.39, 0.29) is 62.7 Å². The SMILES string of the molecule is Cc1ncc([N+](=O)[O-])n1CCOC(=O)CCCCCCC(=O)OCCn1c([N+](=O)[O-])cnc1C. The van der Waals surface area contributed by atoms with E-state index in [1.54, 1.807) is 13.8 Å². The molecule has 0 fully saturated rings. The van der Waals surface area contributed by atoms with Crippen molar-refractivity contribution in [2.45, 2.75) is 65.5 Å². The highest BCUT2D eigenvalue weighted by Gasteiger charge is 2.18. The molecular weight excluding hydrogens is 452 g/mol. The van der Waals surface area contributed by atoms with Crippen LogP contribution in [0.2, 0.25) is 0 Å². The number of aryl methyl sites for hydroxylation is 2. The van der Waals surface area contributed by atoms with Crippen molar-refractivity contribution in [3.05, 3.63) is 44.3 Å². The van der Waals surface area contributed by atoms with Gasteiger partial charge in [-0.05, 0) is 22.7 Å². The summed E-state index contributed by atoms with van der Waals surface area (Å²) in [5.74, 6) is -0.123. The minimum Gasteiger partial charge on any atom is -0.461 e. The van der Waals surface area contributed by atoms with E-state index < -0.39 is 9.85 Å². The Balaban J connectivity index is 1.52. The molecule has 2 aromatic rings. The van der Waals surface area contributed by atoms with Crippen LogP contribution in [0.15, 0.2) is 12.4 Å². The molecule has 0 bridgehead atoms. The summed E-state index contributed by atoms with van der Waals surface area (Å²) in [4.78, 5) is 52.2. The molecule has 0 N–H and O–H groups in total. The molecule has 0 saturated carbocycles. The molecule has 2 rings (SSSR count). The topological polar surface area (TPSA) is 175 Å². The van der Waals surface area contributed by atoms with Crippen LogP contribution in [0.25, 0.3) is 0 Å². The van der Waals surface area contributed by atoms with Gasteiger partial charge in [0.15, 0.2) is 11.6 Å². The van der Waals surface area contributed by atoms with E-state index in [9.17, 15) is 29.8 Å². The third-order valence-electron chi connectivity index (χ3n) is 5.11. The maximum atomic E-state index is 11.8. The van der Waals surface area contributed by atoms with Gasteiger partial charge in [0.2, 0.25) is 0 Å². The van der Waals surface area contributed by atoms with Crippen molar-refractivity contribution < 1.29 is 28.9 Å². The Hall–Kier alpha value is -3.84. The predicted molar refractivity (Wildman–Crippen MR) is 117 cm³/mol. The van der Waals surface area contributed by atoms with Crippen molar-refractivity contribution in [3.63, 3.8) is 0 Å². The molecule has 14 heteroatoms. The van der Waals surface area contributed by atoms with Crippen molar-refractivity contribution in [1.82, 2.24) is 19.1 Å². The van der Waals surface area contributed by atoms with E-state index in [2.05, 4.69) is 9.97 Å². The van der Waals surface area contributed by atoms with Crippen molar-refractivity contribution in [2.24, 2.45) is 0 Å². The first kappa shape index (κ1) is 26.4. The molecule has 0 amide bonds. The Morgan fingerprint density at radius 3 is 1.53 bits per heavy atom. The van der Waals surface area contributed by atoms with Gasteiger partial charge in [-0.25, -0.2) is 19.1 Å². The first-order valence-electron chi connectivity index (χ1n) is 10.8. The number of nitro groups is 2. The number of unbranched alkanes of at least 4 members (excludes halogenated alkanes) is 3. The fraction of sp³-hybridized carbons (Fsp3) is 0.600. The van der Waals surface area contributed by atoms with Gasteiger partial charge < -0.3 is 29.7 Å². The van der Waals surface area contributed by atoms with Crippen molar-refractivity contribution >= 4 is 23.6 Å². The summed E-state index contributed by atoms with van der Waals surface area (Å²) < 4.78 is 13.0. The van der Waals surface area contributed by atoms with Crippen LogP contribution in [0.5, 0.6) is 0 Å². The zero-order valence-electron chi connectivity index (χ0n) is 19.2. The third-order valence-corrected chi connectivity index (χ3v) is 5.11. The lowest BCUT2D eigenvalue weighted by atomic mass is 10.1. The average Bonchev–Trinajstić information content (AvgIpc) is 3.33. The average molecular weight is 480 g/mol. The quantitative estimate of drug-likeness (QED) is 0.159. The largest absolute Gasteiger partial charge is 0.461 e. The molecule has 0 aliphatic rings. The van der Waals surface area contributed by atoms with Gasteiger partial charge >= 0.3 is 23.6 Å². The van der Waals surface area contributed by atoms with Gasteiger partial charge in [0.25, 0.3) is 0 Å². The van der Waals surface area contributed by atoms with Crippen LogP contribution >= 0.6 is 0 Å². The van der Waals surface area contributed by atoms with Crippen LogP contribution in [-0.4, -0.2) is 54.1 Å². The number of esters is 2. The van der Waals surface area contributed by atoms with Crippen LogP contribution in [-0.2, 0) is 32.2 Å². The van der Waals surface area contributed by atoms with Gasteiger partial charge in [0.05, 0.1) is 0 Å². The van der Waals surface area contributed by atoms with E-state index in [1.165, 1.54) is 21.5 Å². The van der Waals surface area contributed by atoms with Crippen molar-refractivity contribution in [3.8, 4) is 0 Å². The molecule has 0 radical (unpaired) electrons. The molecule has 0 spiro atoms. The molecule has 0 unspecified atom stereocenters. The molecule has 2 aromatic heterocycles. The summed E-state index contributed by atoms with van der Waals surface area (Å²) in [7, 11) is 0. The molecule has 14 nitrogen and oxygen atoms in total. The molecule has 0 aliphatic heterocycles. The van der Waals surface area contributed by atoms with Crippen LogP contribution in [0.3, 0.4) is 0 Å². The Bertz CT molecular complexity index is 935. The van der Waals surface area contributed by atoms with Gasteiger partial charge in [-0.15, -0.1) is 0 Å². The summed E-state index contributed by atoms with van der Waals surface area (Å²) in [5.41, 5.74) is 0. The number of rotatable bonds is 15. The second-order valence-corrected chi connectivity index (χ2v) is 7.50. The smallest absolute Gasteiger partial charge is 0.342 e. The van der Waals surface area contributed by atoms with E-state index in [1.807, 2.05) is 0 Å². The van der Waals surface area contributed by atoms with Crippen LogP contribution in [0.1, 0.15) is 50.2 Å². The highest BCUT2D eigenvalue weighted by atomic mass is 16.6. The lowest BCUT2D eigenvalue weighted by Crippen LogP contribution is -2.14. The number of nitrogens with zero attached hydrogens (tertiary/aromatic N) is 6. The zero-order chi connectivity index (χ0) is 25.1. The van der Waals surface area contributed by atoms with E-state index in [4.69, 9.17) is 9.47 Å². The maximum absolute atomic E-state index is 11.8. The first-order chi connectivity index (χ1) is 16.2. The Morgan fingerprint density at radius 2 is 1.18 bits per heavy atom. The number of carbonyl (C=O) groups is 2. The molecule has 186 valence electrons. The molecule has 34 heavy (non-hydrogen) atoms. The molecule has 2 heterocycles. The number of hydrogen-bond donors (Lipinski definition) is 0. The minimum absolute atomic E-state index is 0.0183. The van der Waals surface area contributed by atoms with Gasteiger partial charge in [0, 0.05) is 26.7 Å². The predicted octanol–water partition coefficient (Wildman–Crippen LogP) is 2.64. The van der Waals surface area contributed by atoms with E-state index in [0.29, 0.717) is 24.5 Å². The highest BCUT2D eigenvalue weighted by molar-refractivity contribution is 5.69. The molecular formula is C20H28N6O8. The summed E-state index contributed by atoms with van der Waals surface area (Å²) in [6.45, 7) is 3.62. The second kappa shape index (κ2) is 13.0. The first-order valence-corrected chi connectivity index (χ1v) is 10.8. The number of aromatic nitrogens is 4. The van der Waals surface area contributed by atoms with E-state index >= 15 is 0 Å². The number of carbonyl (C=O) groups excluding carboxylic acids is 2. The fourth-order valence-electron chi connectivity index (χ4n) is 3.29. The number of imidazole rings is 2. The fourth-order valence-corrected chi connectivity index (χ4v) is 3.29. The van der Waals surface area contributed by atoms with Crippen LogP contribution in [0, 0.1) is 34.1 Å². The zero-order valence-corrected chi connectivity index (χ0v) is 19.2. The summed E-state index contributed by atoms with van der Waals surface area (Å²) in [6, 6.07) is 0. The normalized spacial score (nSPS) is 10.8. The van der Waals surface area contributed by atoms with Gasteiger partial charge in [-0.3, -0.25) is 9.59 Å². The van der Waals surface area contributed by atoms with Gasteiger partial charge in [0.1, 0.15) is 38.7 Å². The van der Waals surface area contributed by atoms with Crippen molar-refractivity contribution in [2.75, 3.05) is 13.2 Å². The number of hydrogen-bond acceptors (Lipinski definition) is 10. The second-order valence-electron chi connectivity index (χ2n) is 7.50. The van der Waals surface area contributed by atoms with Crippen LogP contribution in [0.4, 0.5) is 11.6 Å². The van der Waals surface area contributed by atoms with Gasteiger partial charge in [-0.2, -0.15) is 0 Å². The lowest BCUT2D eigenvalue weighted by Gasteiger charge is -2.06. The Morgan fingerprint density at radius 1 is 0.794 bits per heavy atom. The standard InChI is InChI=1S/C20H28N6O8/c1-15-21-13-17(25(29)30)23(15)9-11-33-19(27)7-5-3-4-6-8-20(28)34-12-10-24-16(2)22-14-18(24)26(31)32/h13-14H,3-12H2,1-2H3.